The molecule has 2 heteroatoms. The van der Waals surface area contributed by atoms with E-state index < -0.39 is 0 Å². The van der Waals surface area contributed by atoms with Gasteiger partial charge in [-0.2, -0.15) is 0 Å². The van der Waals surface area contributed by atoms with E-state index in [-0.39, 0.29) is 0 Å². The van der Waals surface area contributed by atoms with Crippen LogP contribution >= 0.6 is 0 Å². The minimum absolute atomic E-state index is 0.376. The molecule has 1 aliphatic heterocycles. The van der Waals surface area contributed by atoms with Crippen molar-refractivity contribution in [3.05, 3.63) is 0 Å². The van der Waals surface area contributed by atoms with Gasteiger partial charge in [-0.3, -0.25) is 4.79 Å². The number of hydrogen-bond acceptors (Lipinski definition) is 1. The van der Waals surface area contributed by atoms with Gasteiger partial charge in [-0.25, -0.2) is 0 Å². The normalized spacial score (nSPS) is 29.9. The van der Waals surface area contributed by atoms with Gasteiger partial charge in [-0.15, -0.1) is 0 Å². The topological polar surface area (TPSA) is 20.3 Å². The Bertz CT molecular complexity index is 196. The molecule has 0 aromatic heterocycles. The number of amides is 1. The van der Waals surface area contributed by atoms with E-state index in [0.29, 0.717) is 17.9 Å². The molecule has 1 atom stereocenters. The van der Waals surface area contributed by atoms with Crippen molar-refractivity contribution in [3.8, 4) is 0 Å². The second kappa shape index (κ2) is 3.69. The van der Waals surface area contributed by atoms with Crippen molar-refractivity contribution in [2.75, 3.05) is 6.54 Å². The van der Waals surface area contributed by atoms with E-state index in [0.717, 1.165) is 19.4 Å². The van der Waals surface area contributed by atoms with Crippen LogP contribution in [0.15, 0.2) is 0 Å². The average molecular weight is 181 g/mol. The van der Waals surface area contributed by atoms with E-state index in [1.54, 1.807) is 0 Å². The number of carbonyl (C=O) groups is 1. The maximum atomic E-state index is 12.0. The van der Waals surface area contributed by atoms with Gasteiger partial charge >= 0.3 is 0 Å². The van der Waals surface area contributed by atoms with E-state index in [1.165, 1.54) is 25.7 Å². The molecular weight excluding hydrogens is 162 g/mol. The van der Waals surface area contributed by atoms with E-state index in [9.17, 15) is 4.79 Å². The van der Waals surface area contributed by atoms with Crippen LogP contribution in [0.25, 0.3) is 0 Å². The highest BCUT2D eigenvalue weighted by atomic mass is 16.2. The minimum atomic E-state index is 0.376. The predicted octanol–water partition coefficient (Wildman–Crippen LogP) is 2.19. The Morgan fingerprint density at radius 3 is 2.38 bits per heavy atom. The number of rotatable bonds is 1. The summed E-state index contributed by atoms with van der Waals surface area (Å²) in [6.45, 7) is 3.19. The zero-order valence-electron chi connectivity index (χ0n) is 8.46. The first-order valence-corrected chi connectivity index (χ1v) is 5.59. The summed E-state index contributed by atoms with van der Waals surface area (Å²) in [6.07, 6.45) is 7.22. The van der Waals surface area contributed by atoms with Crippen LogP contribution in [-0.4, -0.2) is 23.4 Å². The van der Waals surface area contributed by atoms with Crippen molar-refractivity contribution < 1.29 is 4.79 Å². The lowest BCUT2D eigenvalue weighted by atomic mass is 10.1. The van der Waals surface area contributed by atoms with Crippen molar-refractivity contribution in [2.45, 2.75) is 51.5 Å². The lowest BCUT2D eigenvalue weighted by Crippen LogP contribution is -2.37. The average Bonchev–Trinajstić information content (AvgIpc) is 2.72. The molecule has 0 N–H and O–H groups in total. The Balaban J connectivity index is 1.95. The molecule has 1 aliphatic carbocycles. The Hall–Kier alpha value is -0.530. The molecule has 2 rings (SSSR count). The fourth-order valence-corrected chi connectivity index (χ4v) is 2.67. The lowest BCUT2D eigenvalue weighted by molar-refractivity contribution is -0.135. The van der Waals surface area contributed by atoms with Gasteiger partial charge in [-0.05, 0) is 32.6 Å². The van der Waals surface area contributed by atoms with E-state index in [2.05, 4.69) is 11.8 Å². The highest BCUT2D eigenvalue weighted by molar-refractivity contribution is 5.79. The molecule has 74 valence electrons. The fourth-order valence-electron chi connectivity index (χ4n) is 2.67. The number of likely N-dealkylation sites (tertiary alicyclic amines) is 1. The molecule has 1 saturated carbocycles. The SMILES string of the molecule is CC1CCCN1C(=O)C1CCCC1. The van der Waals surface area contributed by atoms with Gasteiger partial charge in [0.2, 0.25) is 5.91 Å². The fraction of sp³-hybridized carbons (Fsp3) is 0.909. The molecule has 0 bridgehead atoms. The quantitative estimate of drug-likeness (QED) is 0.607. The molecule has 2 aliphatic rings. The molecule has 0 aromatic carbocycles. The van der Waals surface area contributed by atoms with Crippen LogP contribution in [0.1, 0.15) is 45.4 Å². The number of nitrogens with zero attached hydrogens (tertiary/aromatic N) is 1. The molecule has 2 fully saturated rings. The van der Waals surface area contributed by atoms with Gasteiger partial charge in [-0.1, -0.05) is 12.8 Å². The molecule has 0 aromatic rings. The maximum absolute atomic E-state index is 12.0. The zero-order chi connectivity index (χ0) is 9.26. The second-order valence-corrected chi connectivity index (χ2v) is 4.50. The van der Waals surface area contributed by atoms with Gasteiger partial charge in [0.1, 0.15) is 0 Å². The van der Waals surface area contributed by atoms with Gasteiger partial charge < -0.3 is 4.90 Å². The third kappa shape index (κ3) is 1.72. The van der Waals surface area contributed by atoms with Crippen LogP contribution in [0.4, 0.5) is 0 Å². The molecule has 13 heavy (non-hydrogen) atoms. The Kier molecular flexibility index (Phi) is 2.56. The third-order valence-electron chi connectivity index (χ3n) is 3.54. The standard InChI is InChI=1S/C11H19NO/c1-9-5-4-8-12(9)11(13)10-6-2-3-7-10/h9-10H,2-8H2,1H3. The minimum Gasteiger partial charge on any atom is -0.340 e. The first-order chi connectivity index (χ1) is 6.29. The van der Waals surface area contributed by atoms with Crippen molar-refractivity contribution >= 4 is 5.91 Å². The van der Waals surface area contributed by atoms with Crippen LogP contribution < -0.4 is 0 Å². The highest BCUT2D eigenvalue weighted by Gasteiger charge is 2.31. The van der Waals surface area contributed by atoms with Crippen LogP contribution in [0, 0.1) is 5.92 Å². The molecule has 1 heterocycles. The Labute approximate surface area is 80.3 Å². The van der Waals surface area contributed by atoms with Gasteiger partial charge in [0.05, 0.1) is 0 Å². The molecule has 1 amide bonds. The molecule has 0 spiro atoms. The summed E-state index contributed by atoms with van der Waals surface area (Å²) >= 11 is 0. The molecule has 1 unspecified atom stereocenters. The molecular formula is C11H19NO. The molecule has 1 saturated heterocycles. The van der Waals surface area contributed by atoms with Gasteiger partial charge in [0, 0.05) is 18.5 Å². The predicted molar refractivity (Wildman–Crippen MR) is 52.4 cm³/mol. The molecule has 2 nitrogen and oxygen atoms in total. The monoisotopic (exact) mass is 181 g/mol. The summed E-state index contributed by atoms with van der Waals surface area (Å²) in [7, 11) is 0. The smallest absolute Gasteiger partial charge is 0.225 e. The largest absolute Gasteiger partial charge is 0.340 e. The first-order valence-electron chi connectivity index (χ1n) is 5.59. The Morgan fingerprint density at radius 1 is 1.15 bits per heavy atom. The van der Waals surface area contributed by atoms with Crippen molar-refractivity contribution in [2.24, 2.45) is 5.92 Å². The number of hydrogen-bond donors (Lipinski definition) is 0. The van der Waals surface area contributed by atoms with Crippen molar-refractivity contribution in [1.82, 2.24) is 4.90 Å². The summed E-state index contributed by atoms with van der Waals surface area (Å²) < 4.78 is 0. The highest BCUT2D eigenvalue weighted by Crippen LogP contribution is 2.29. The maximum Gasteiger partial charge on any atom is 0.225 e. The third-order valence-corrected chi connectivity index (χ3v) is 3.54. The summed E-state index contributed by atoms with van der Waals surface area (Å²) in [5, 5.41) is 0. The zero-order valence-corrected chi connectivity index (χ0v) is 8.46. The summed E-state index contributed by atoms with van der Waals surface area (Å²) in [6, 6.07) is 0.507. The van der Waals surface area contributed by atoms with Crippen LogP contribution in [0.5, 0.6) is 0 Å². The van der Waals surface area contributed by atoms with Crippen LogP contribution in [-0.2, 0) is 4.79 Å². The summed E-state index contributed by atoms with van der Waals surface area (Å²) in [5.41, 5.74) is 0. The second-order valence-electron chi connectivity index (χ2n) is 4.50. The van der Waals surface area contributed by atoms with E-state index in [1.807, 2.05) is 0 Å². The van der Waals surface area contributed by atoms with Crippen LogP contribution in [0.2, 0.25) is 0 Å². The lowest BCUT2D eigenvalue weighted by Gasteiger charge is -2.24. The van der Waals surface area contributed by atoms with E-state index >= 15 is 0 Å². The number of carbonyl (C=O) groups excluding carboxylic acids is 1. The van der Waals surface area contributed by atoms with E-state index in [4.69, 9.17) is 0 Å². The molecule has 0 radical (unpaired) electrons. The summed E-state index contributed by atoms with van der Waals surface area (Å²) in [5.74, 6) is 0.822. The first kappa shape index (κ1) is 9.04. The van der Waals surface area contributed by atoms with Crippen molar-refractivity contribution in [3.63, 3.8) is 0 Å². The van der Waals surface area contributed by atoms with Crippen LogP contribution in [0.3, 0.4) is 0 Å². The van der Waals surface area contributed by atoms with Gasteiger partial charge in [0.15, 0.2) is 0 Å². The van der Waals surface area contributed by atoms with Gasteiger partial charge in [0.25, 0.3) is 0 Å². The summed E-state index contributed by atoms with van der Waals surface area (Å²) in [4.78, 5) is 14.1. The van der Waals surface area contributed by atoms with Crippen molar-refractivity contribution in [1.29, 1.82) is 0 Å². The Morgan fingerprint density at radius 2 is 1.85 bits per heavy atom.